The maximum absolute atomic E-state index is 10.7. The number of rotatable bonds is 8. The number of aldehydes is 2. The maximum Gasteiger partial charge on any atom is 0.215 e. The van der Waals surface area contributed by atoms with Crippen LogP contribution in [0.4, 0.5) is 0 Å². The summed E-state index contributed by atoms with van der Waals surface area (Å²) in [5.41, 5.74) is 0. The van der Waals surface area contributed by atoms with Crippen molar-refractivity contribution >= 4 is 12.6 Å². The first-order valence-electron chi connectivity index (χ1n) is 6.00. The van der Waals surface area contributed by atoms with Crippen LogP contribution in [-0.2, 0) is 23.8 Å². The van der Waals surface area contributed by atoms with Gasteiger partial charge in [0.25, 0.3) is 0 Å². The molecule has 1 fully saturated rings. The zero-order chi connectivity index (χ0) is 15.1. The smallest absolute Gasteiger partial charge is 0.215 e. The number of aliphatic hydroxyl groups is 4. The Balaban J connectivity index is 2.43. The van der Waals surface area contributed by atoms with Gasteiger partial charge in [0.2, 0.25) is 6.29 Å². The first kappa shape index (κ1) is 17.1. The standard InChI is InChI=1S/C11H18O9/c12-2-6(3-13)19-10(4-14)18-5-9-7(15)1-8(16)11(17)20-9/h2,4,6-11,13,15-17H,1,3,5H2/t6?,7-,8-,9?,10-,11?/m0/s1. The van der Waals surface area contributed by atoms with E-state index in [1.54, 1.807) is 0 Å². The molecule has 1 aliphatic rings. The molecule has 3 unspecified atom stereocenters. The lowest BCUT2D eigenvalue weighted by atomic mass is 10.0. The summed E-state index contributed by atoms with van der Waals surface area (Å²) >= 11 is 0. The van der Waals surface area contributed by atoms with Crippen LogP contribution in [-0.4, -0.2) is 83.2 Å². The number of carbonyl (C=O) groups excluding carboxylic acids is 2. The lowest BCUT2D eigenvalue weighted by molar-refractivity contribution is -0.265. The zero-order valence-corrected chi connectivity index (χ0v) is 10.6. The van der Waals surface area contributed by atoms with E-state index in [1.165, 1.54) is 0 Å². The quantitative estimate of drug-likeness (QED) is 0.271. The molecule has 0 aliphatic carbocycles. The minimum Gasteiger partial charge on any atom is -0.393 e. The van der Waals surface area contributed by atoms with Crippen LogP contribution in [0.15, 0.2) is 0 Å². The summed E-state index contributed by atoms with van der Waals surface area (Å²) in [6, 6.07) is 0. The van der Waals surface area contributed by atoms with E-state index in [0.717, 1.165) is 0 Å². The third-order valence-corrected chi connectivity index (χ3v) is 2.73. The second-order valence-corrected chi connectivity index (χ2v) is 4.27. The van der Waals surface area contributed by atoms with E-state index in [0.29, 0.717) is 6.29 Å². The van der Waals surface area contributed by atoms with Gasteiger partial charge >= 0.3 is 0 Å². The summed E-state index contributed by atoms with van der Waals surface area (Å²) in [6.45, 7) is -0.907. The molecule has 1 saturated heterocycles. The van der Waals surface area contributed by atoms with Crippen molar-refractivity contribution in [1.29, 1.82) is 0 Å². The molecule has 20 heavy (non-hydrogen) atoms. The monoisotopic (exact) mass is 294 g/mol. The van der Waals surface area contributed by atoms with Crippen LogP contribution in [0.1, 0.15) is 6.42 Å². The molecule has 0 saturated carbocycles. The second kappa shape index (κ2) is 8.37. The summed E-state index contributed by atoms with van der Waals surface area (Å²) in [5, 5.41) is 36.9. The molecule has 0 bridgehead atoms. The van der Waals surface area contributed by atoms with Crippen molar-refractivity contribution in [2.75, 3.05) is 13.2 Å². The van der Waals surface area contributed by atoms with Crippen molar-refractivity contribution in [1.82, 2.24) is 0 Å². The van der Waals surface area contributed by atoms with E-state index >= 15 is 0 Å². The van der Waals surface area contributed by atoms with Gasteiger partial charge in [0.05, 0.1) is 19.3 Å². The van der Waals surface area contributed by atoms with Crippen LogP contribution in [0.2, 0.25) is 0 Å². The van der Waals surface area contributed by atoms with Gasteiger partial charge in [0, 0.05) is 6.42 Å². The van der Waals surface area contributed by atoms with E-state index in [-0.39, 0.29) is 19.3 Å². The summed E-state index contributed by atoms with van der Waals surface area (Å²) in [5.74, 6) is 0. The highest BCUT2D eigenvalue weighted by Crippen LogP contribution is 2.19. The number of carbonyl (C=O) groups is 2. The molecule has 1 aliphatic heterocycles. The Morgan fingerprint density at radius 1 is 1.20 bits per heavy atom. The molecule has 0 radical (unpaired) electrons. The highest BCUT2D eigenvalue weighted by Gasteiger charge is 2.35. The van der Waals surface area contributed by atoms with Crippen LogP contribution < -0.4 is 0 Å². The Bertz CT molecular complexity index is 310. The molecule has 1 rings (SSSR count). The fraction of sp³-hybridized carbons (Fsp3) is 0.818. The Kier molecular flexibility index (Phi) is 7.16. The number of aliphatic hydroxyl groups excluding tert-OH is 4. The van der Waals surface area contributed by atoms with Crippen LogP contribution >= 0.6 is 0 Å². The summed E-state index contributed by atoms with van der Waals surface area (Å²) in [6.07, 6.45) is -6.83. The van der Waals surface area contributed by atoms with Crippen LogP contribution in [0.5, 0.6) is 0 Å². The highest BCUT2D eigenvalue weighted by atomic mass is 16.7. The lowest BCUT2D eigenvalue weighted by Gasteiger charge is -2.34. The predicted octanol–water partition coefficient (Wildman–Crippen LogP) is -3.07. The largest absolute Gasteiger partial charge is 0.393 e. The fourth-order valence-corrected chi connectivity index (χ4v) is 1.62. The Hall–Kier alpha value is -0.940. The third-order valence-electron chi connectivity index (χ3n) is 2.73. The van der Waals surface area contributed by atoms with Crippen molar-refractivity contribution in [2.45, 2.75) is 43.4 Å². The predicted molar refractivity (Wildman–Crippen MR) is 61.3 cm³/mol. The lowest BCUT2D eigenvalue weighted by Crippen LogP contribution is -2.49. The van der Waals surface area contributed by atoms with Crippen molar-refractivity contribution < 1.29 is 44.2 Å². The van der Waals surface area contributed by atoms with Crippen molar-refractivity contribution in [2.24, 2.45) is 0 Å². The molecular formula is C11H18O9. The van der Waals surface area contributed by atoms with E-state index < -0.39 is 43.6 Å². The van der Waals surface area contributed by atoms with Gasteiger partial charge in [-0.15, -0.1) is 0 Å². The summed E-state index contributed by atoms with van der Waals surface area (Å²) < 4.78 is 14.7. The maximum atomic E-state index is 10.7. The molecule has 4 N–H and O–H groups in total. The molecule has 0 aromatic carbocycles. The zero-order valence-electron chi connectivity index (χ0n) is 10.6. The number of hydrogen-bond acceptors (Lipinski definition) is 9. The fourth-order valence-electron chi connectivity index (χ4n) is 1.62. The van der Waals surface area contributed by atoms with Crippen molar-refractivity contribution in [3.8, 4) is 0 Å². The number of ether oxygens (including phenoxy) is 3. The van der Waals surface area contributed by atoms with Crippen LogP contribution in [0.3, 0.4) is 0 Å². The van der Waals surface area contributed by atoms with E-state index in [1.807, 2.05) is 0 Å². The molecule has 9 nitrogen and oxygen atoms in total. The van der Waals surface area contributed by atoms with Crippen molar-refractivity contribution in [3.63, 3.8) is 0 Å². The summed E-state index contributed by atoms with van der Waals surface area (Å²) in [7, 11) is 0. The molecular weight excluding hydrogens is 276 g/mol. The Morgan fingerprint density at radius 3 is 2.45 bits per heavy atom. The van der Waals surface area contributed by atoms with Crippen LogP contribution in [0.25, 0.3) is 0 Å². The SMILES string of the molecule is O=CC(CO)O[C@@H](C=O)OCC1OC(O)[C@@H](O)C[C@@H]1O. The molecule has 0 amide bonds. The molecule has 0 aromatic rings. The topological polar surface area (TPSA) is 143 Å². The van der Waals surface area contributed by atoms with Gasteiger partial charge in [-0.3, -0.25) is 4.79 Å². The van der Waals surface area contributed by atoms with Gasteiger partial charge < -0.3 is 39.4 Å². The Labute approximate surface area is 114 Å². The minimum absolute atomic E-state index is 0.102. The molecule has 0 aromatic heterocycles. The van der Waals surface area contributed by atoms with Crippen LogP contribution in [0, 0.1) is 0 Å². The first-order valence-corrected chi connectivity index (χ1v) is 6.00. The van der Waals surface area contributed by atoms with Gasteiger partial charge in [-0.05, 0) is 0 Å². The molecule has 0 spiro atoms. The van der Waals surface area contributed by atoms with Gasteiger partial charge in [-0.25, -0.2) is 0 Å². The summed E-state index contributed by atoms with van der Waals surface area (Å²) in [4.78, 5) is 21.1. The molecule has 9 heteroatoms. The van der Waals surface area contributed by atoms with Gasteiger partial charge in [0.1, 0.15) is 18.3 Å². The van der Waals surface area contributed by atoms with Gasteiger partial charge in [-0.2, -0.15) is 0 Å². The highest BCUT2D eigenvalue weighted by molar-refractivity contribution is 5.58. The minimum atomic E-state index is -1.46. The normalized spacial score (nSPS) is 33.4. The number of hydrogen-bond donors (Lipinski definition) is 4. The molecule has 116 valence electrons. The third kappa shape index (κ3) is 4.87. The van der Waals surface area contributed by atoms with Gasteiger partial charge in [0.15, 0.2) is 18.9 Å². The van der Waals surface area contributed by atoms with E-state index in [2.05, 4.69) is 0 Å². The molecule has 1 heterocycles. The Morgan fingerprint density at radius 2 is 1.90 bits per heavy atom. The van der Waals surface area contributed by atoms with Gasteiger partial charge in [-0.1, -0.05) is 0 Å². The average Bonchev–Trinajstić information content (AvgIpc) is 2.44. The van der Waals surface area contributed by atoms with E-state index in [9.17, 15) is 24.9 Å². The van der Waals surface area contributed by atoms with Crippen molar-refractivity contribution in [3.05, 3.63) is 0 Å². The molecule has 6 atom stereocenters. The first-order chi connectivity index (χ1) is 9.51. The van der Waals surface area contributed by atoms with E-state index in [4.69, 9.17) is 19.3 Å². The average molecular weight is 294 g/mol. The second-order valence-electron chi connectivity index (χ2n) is 4.27.